The molecule has 0 amide bonds. The van der Waals surface area contributed by atoms with Crippen molar-refractivity contribution in [2.45, 2.75) is 53.5 Å². The van der Waals surface area contributed by atoms with E-state index in [0.717, 1.165) is 24.7 Å². The highest BCUT2D eigenvalue weighted by Gasteiger charge is 2.08. The fraction of sp³-hybridized carbons (Fsp3) is 0.786. The predicted molar refractivity (Wildman–Crippen MR) is 73.4 cm³/mol. The molecule has 0 aliphatic heterocycles. The maximum Gasteiger partial charge on any atom is 0.0596 e. The van der Waals surface area contributed by atoms with E-state index in [1.54, 1.807) is 0 Å². The van der Waals surface area contributed by atoms with Crippen molar-refractivity contribution in [3.8, 4) is 0 Å². The Morgan fingerprint density at radius 3 is 2.53 bits per heavy atom. The lowest BCUT2D eigenvalue weighted by Crippen LogP contribution is -2.21. The third kappa shape index (κ3) is 4.90. The summed E-state index contributed by atoms with van der Waals surface area (Å²) in [5, 5.41) is 8.02. The van der Waals surface area contributed by atoms with Crippen LogP contribution in [0.15, 0.2) is 6.07 Å². The van der Waals surface area contributed by atoms with Gasteiger partial charge < -0.3 is 5.32 Å². The van der Waals surface area contributed by atoms with Crippen molar-refractivity contribution < 1.29 is 0 Å². The minimum atomic E-state index is 0.504. The van der Waals surface area contributed by atoms with E-state index < -0.39 is 0 Å². The van der Waals surface area contributed by atoms with Crippen molar-refractivity contribution in [1.29, 1.82) is 0 Å². The number of nitrogens with one attached hydrogen (secondary N) is 1. The number of hydrogen-bond donors (Lipinski definition) is 1. The Morgan fingerprint density at radius 1 is 1.29 bits per heavy atom. The summed E-state index contributed by atoms with van der Waals surface area (Å²) in [5.41, 5.74) is 2.39. The number of aromatic nitrogens is 2. The Hall–Kier alpha value is -0.830. The van der Waals surface area contributed by atoms with Crippen LogP contribution in [0, 0.1) is 19.8 Å². The smallest absolute Gasteiger partial charge is 0.0596 e. The number of rotatable bonds is 7. The zero-order valence-electron chi connectivity index (χ0n) is 12.0. The van der Waals surface area contributed by atoms with Crippen molar-refractivity contribution in [3.63, 3.8) is 0 Å². The Labute approximate surface area is 106 Å². The molecule has 3 heteroatoms. The van der Waals surface area contributed by atoms with E-state index in [9.17, 15) is 0 Å². The molecular weight excluding hydrogens is 210 g/mol. The minimum absolute atomic E-state index is 0.504. The molecular formula is C14H27N3. The molecule has 1 aromatic rings. The highest BCUT2D eigenvalue weighted by Crippen LogP contribution is 2.15. The molecule has 0 spiro atoms. The second-order valence-corrected chi connectivity index (χ2v) is 5.46. The van der Waals surface area contributed by atoms with Gasteiger partial charge in [0.2, 0.25) is 0 Å². The average Bonchev–Trinajstić information content (AvgIpc) is 2.56. The summed E-state index contributed by atoms with van der Waals surface area (Å²) >= 11 is 0. The standard InChI is InChI=1S/C14H27N3/c1-11(2)10-15-8-6-7-13(4)17-14(5)9-12(3)16-17/h9,11,13,15H,6-8,10H2,1-5H3. The molecule has 1 rings (SSSR count). The van der Waals surface area contributed by atoms with E-state index in [0.29, 0.717) is 6.04 Å². The number of hydrogen-bond acceptors (Lipinski definition) is 2. The van der Waals surface area contributed by atoms with Crippen LogP contribution in [-0.4, -0.2) is 22.9 Å². The van der Waals surface area contributed by atoms with Gasteiger partial charge in [-0.2, -0.15) is 5.10 Å². The summed E-state index contributed by atoms with van der Waals surface area (Å²) < 4.78 is 2.15. The molecule has 1 heterocycles. The first-order chi connectivity index (χ1) is 8.00. The lowest BCUT2D eigenvalue weighted by Gasteiger charge is -2.14. The van der Waals surface area contributed by atoms with Crippen LogP contribution < -0.4 is 5.32 Å². The van der Waals surface area contributed by atoms with Gasteiger partial charge in [0.05, 0.1) is 5.69 Å². The maximum atomic E-state index is 4.53. The van der Waals surface area contributed by atoms with Gasteiger partial charge in [0.15, 0.2) is 0 Å². The summed E-state index contributed by atoms with van der Waals surface area (Å²) in [6.07, 6.45) is 2.40. The second kappa shape index (κ2) is 6.80. The van der Waals surface area contributed by atoms with Crippen molar-refractivity contribution in [2.24, 2.45) is 5.92 Å². The highest BCUT2D eigenvalue weighted by molar-refractivity contribution is 5.07. The van der Waals surface area contributed by atoms with Gasteiger partial charge in [0.1, 0.15) is 0 Å². The second-order valence-electron chi connectivity index (χ2n) is 5.46. The van der Waals surface area contributed by atoms with Gasteiger partial charge >= 0.3 is 0 Å². The van der Waals surface area contributed by atoms with E-state index in [4.69, 9.17) is 0 Å². The molecule has 1 atom stereocenters. The lowest BCUT2D eigenvalue weighted by atomic mass is 10.1. The summed E-state index contributed by atoms with van der Waals surface area (Å²) in [5.74, 6) is 0.739. The molecule has 0 aromatic carbocycles. The number of nitrogens with zero attached hydrogens (tertiary/aromatic N) is 2. The van der Waals surface area contributed by atoms with E-state index in [1.807, 2.05) is 0 Å². The fourth-order valence-electron chi connectivity index (χ4n) is 2.13. The van der Waals surface area contributed by atoms with Gasteiger partial charge in [-0.05, 0) is 58.7 Å². The van der Waals surface area contributed by atoms with Crippen molar-refractivity contribution in [2.75, 3.05) is 13.1 Å². The molecule has 1 unspecified atom stereocenters. The zero-order valence-corrected chi connectivity index (χ0v) is 12.0. The molecule has 98 valence electrons. The molecule has 0 radical (unpaired) electrons. The largest absolute Gasteiger partial charge is 0.316 e. The van der Waals surface area contributed by atoms with Crippen LogP contribution >= 0.6 is 0 Å². The molecule has 0 aliphatic carbocycles. The molecule has 1 N–H and O–H groups in total. The zero-order chi connectivity index (χ0) is 12.8. The van der Waals surface area contributed by atoms with Crippen molar-refractivity contribution >= 4 is 0 Å². The Bertz CT molecular complexity index is 328. The molecule has 0 bridgehead atoms. The monoisotopic (exact) mass is 237 g/mol. The lowest BCUT2D eigenvalue weighted by molar-refractivity contribution is 0.424. The molecule has 3 nitrogen and oxygen atoms in total. The first-order valence-electron chi connectivity index (χ1n) is 6.74. The summed E-state index contributed by atoms with van der Waals surface area (Å²) in [6.45, 7) is 13.2. The first kappa shape index (κ1) is 14.2. The SMILES string of the molecule is Cc1cc(C)n(C(C)CCCNCC(C)C)n1. The van der Waals surface area contributed by atoms with E-state index in [2.05, 4.69) is 55.8 Å². The summed E-state index contributed by atoms with van der Waals surface area (Å²) in [6, 6.07) is 2.65. The maximum absolute atomic E-state index is 4.53. The Morgan fingerprint density at radius 2 is 2.00 bits per heavy atom. The summed E-state index contributed by atoms with van der Waals surface area (Å²) in [7, 11) is 0. The molecule has 1 aromatic heterocycles. The fourth-order valence-corrected chi connectivity index (χ4v) is 2.13. The van der Waals surface area contributed by atoms with Crippen LogP contribution in [0.4, 0.5) is 0 Å². The average molecular weight is 237 g/mol. The van der Waals surface area contributed by atoms with Gasteiger partial charge in [-0.1, -0.05) is 13.8 Å². The molecule has 0 aliphatic rings. The quantitative estimate of drug-likeness (QED) is 0.739. The van der Waals surface area contributed by atoms with Gasteiger partial charge in [-0.3, -0.25) is 4.68 Å². The van der Waals surface area contributed by atoms with E-state index >= 15 is 0 Å². The van der Waals surface area contributed by atoms with E-state index in [-0.39, 0.29) is 0 Å². The molecule has 17 heavy (non-hydrogen) atoms. The minimum Gasteiger partial charge on any atom is -0.316 e. The van der Waals surface area contributed by atoms with Gasteiger partial charge in [-0.25, -0.2) is 0 Å². The first-order valence-corrected chi connectivity index (χ1v) is 6.74. The normalized spacial score (nSPS) is 13.3. The third-order valence-corrected chi connectivity index (χ3v) is 2.99. The van der Waals surface area contributed by atoms with Crippen LogP contribution in [0.5, 0.6) is 0 Å². The Balaban J connectivity index is 2.25. The van der Waals surface area contributed by atoms with E-state index in [1.165, 1.54) is 18.5 Å². The number of aryl methyl sites for hydroxylation is 2. The van der Waals surface area contributed by atoms with Crippen LogP contribution in [-0.2, 0) is 0 Å². The Kier molecular flexibility index (Phi) is 5.69. The molecule has 0 saturated carbocycles. The van der Waals surface area contributed by atoms with Gasteiger partial charge in [-0.15, -0.1) is 0 Å². The van der Waals surface area contributed by atoms with Crippen molar-refractivity contribution in [1.82, 2.24) is 15.1 Å². The highest BCUT2D eigenvalue weighted by atomic mass is 15.3. The predicted octanol–water partition coefficient (Wildman–Crippen LogP) is 3.09. The van der Waals surface area contributed by atoms with Gasteiger partial charge in [0.25, 0.3) is 0 Å². The van der Waals surface area contributed by atoms with Crippen LogP contribution in [0.1, 0.15) is 51.0 Å². The topological polar surface area (TPSA) is 29.9 Å². The van der Waals surface area contributed by atoms with Crippen molar-refractivity contribution in [3.05, 3.63) is 17.5 Å². The van der Waals surface area contributed by atoms with Gasteiger partial charge in [0, 0.05) is 11.7 Å². The molecule has 0 saturated heterocycles. The van der Waals surface area contributed by atoms with Crippen LogP contribution in [0.2, 0.25) is 0 Å². The summed E-state index contributed by atoms with van der Waals surface area (Å²) in [4.78, 5) is 0. The molecule has 0 fully saturated rings. The third-order valence-electron chi connectivity index (χ3n) is 2.99. The van der Waals surface area contributed by atoms with Crippen LogP contribution in [0.25, 0.3) is 0 Å². The van der Waals surface area contributed by atoms with Crippen LogP contribution in [0.3, 0.4) is 0 Å².